The molecule has 4 aromatic heterocycles. The number of fused-ring (bicyclic) bond motifs is 2. The van der Waals surface area contributed by atoms with E-state index in [1.54, 1.807) is 6.20 Å². The van der Waals surface area contributed by atoms with E-state index >= 15 is 0 Å². The third-order valence-corrected chi connectivity index (χ3v) is 6.73. The molecule has 8 nitrogen and oxygen atoms in total. The molecule has 8 heteroatoms. The van der Waals surface area contributed by atoms with Crippen LogP contribution in [0.4, 0.5) is 11.4 Å². The molecule has 5 aromatic rings. The highest BCUT2D eigenvalue weighted by Crippen LogP contribution is 2.32. The fourth-order valence-electron chi connectivity index (χ4n) is 4.96. The molecule has 36 heavy (non-hydrogen) atoms. The normalized spacial score (nSPS) is 14.0. The topological polar surface area (TPSA) is 98.4 Å². The van der Waals surface area contributed by atoms with Crippen LogP contribution in [0.1, 0.15) is 39.0 Å². The Bertz CT molecular complexity index is 1540. The van der Waals surface area contributed by atoms with Crippen molar-refractivity contribution in [3.63, 3.8) is 0 Å². The Kier molecular flexibility index (Phi) is 5.85. The molecular weight excluding hydrogens is 448 g/mol. The lowest BCUT2D eigenvalue weighted by Gasteiger charge is -2.28. The van der Waals surface area contributed by atoms with Crippen molar-refractivity contribution in [1.82, 2.24) is 30.1 Å². The van der Waals surface area contributed by atoms with Crippen LogP contribution in [0.5, 0.6) is 0 Å². The van der Waals surface area contributed by atoms with Crippen molar-refractivity contribution in [2.24, 2.45) is 0 Å². The van der Waals surface area contributed by atoms with Crippen molar-refractivity contribution in [3.05, 3.63) is 61.1 Å². The Labute approximate surface area is 209 Å². The van der Waals surface area contributed by atoms with Crippen LogP contribution in [-0.2, 0) is 0 Å². The van der Waals surface area contributed by atoms with Crippen molar-refractivity contribution >= 4 is 33.4 Å². The lowest BCUT2D eigenvalue weighted by Crippen LogP contribution is -2.29. The maximum absolute atomic E-state index is 5.00. The first-order valence-electron chi connectivity index (χ1n) is 12.7. The van der Waals surface area contributed by atoms with Gasteiger partial charge in [-0.2, -0.15) is 5.10 Å². The highest BCUT2D eigenvalue weighted by molar-refractivity contribution is 5.95. The van der Waals surface area contributed by atoms with Crippen molar-refractivity contribution in [3.8, 4) is 22.8 Å². The van der Waals surface area contributed by atoms with Gasteiger partial charge in [0.15, 0.2) is 11.5 Å². The molecule has 0 bridgehead atoms. The SMILES string of the molecule is C=C(CCC)Nc1cncc(-c2ccc3[nH]nc(-c4nc5c(N6CCCCC6)cccc5[nH]4)c3n2)c1. The number of para-hydroxylation sites is 1. The van der Waals surface area contributed by atoms with Crippen molar-refractivity contribution in [2.75, 3.05) is 23.3 Å². The molecule has 1 fully saturated rings. The summed E-state index contributed by atoms with van der Waals surface area (Å²) in [6.45, 7) is 8.38. The summed E-state index contributed by atoms with van der Waals surface area (Å²) >= 11 is 0. The van der Waals surface area contributed by atoms with Gasteiger partial charge in [0.25, 0.3) is 0 Å². The lowest BCUT2D eigenvalue weighted by atomic mass is 10.1. The molecule has 1 aromatic carbocycles. The third kappa shape index (κ3) is 4.19. The fraction of sp³-hybridized carbons (Fsp3) is 0.286. The molecule has 1 aliphatic heterocycles. The van der Waals surface area contributed by atoms with Gasteiger partial charge in [-0.1, -0.05) is 26.0 Å². The van der Waals surface area contributed by atoms with E-state index in [4.69, 9.17) is 9.97 Å². The molecule has 5 heterocycles. The number of aromatic amines is 2. The zero-order valence-corrected chi connectivity index (χ0v) is 20.5. The van der Waals surface area contributed by atoms with E-state index in [9.17, 15) is 0 Å². The minimum absolute atomic E-state index is 0.714. The number of imidazole rings is 1. The molecule has 1 aliphatic rings. The molecule has 1 saturated heterocycles. The van der Waals surface area contributed by atoms with E-state index in [2.05, 4.69) is 62.1 Å². The van der Waals surface area contributed by atoms with E-state index in [-0.39, 0.29) is 0 Å². The Balaban J connectivity index is 1.37. The predicted molar refractivity (Wildman–Crippen MR) is 146 cm³/mol. The van der Waals surface area contributed by atoms with Gasteiger partial charge in [0.2, 0.25) is 0 Å². The van der Waals surface area contributed by atoms with Gasteiger partial charge in [-0.25, -0.2) is 9.97 Å². The van der Waals surface area contributed by atoms with E-state index in [0.717, 1.165) is 76.5 Å². The molecule has 0 aliphatic carbocycles. The van der Waals surface area contributed by atoms with Crippen LogP contribution in [-0.4, -0.2) is 43.2 Å². The van der Waals surface area contributed by atoms with Crippen LogP contribution in [0.25, 0.3) is 44.8 Å². The largest absolute Gasteiger partial charge is 0.370 e. The summed E-state index contributed by atoms with van der Waals surface area (Å²) in [4.78, 5) is 20.3. The van der Waals surface area contributed by atoms with E-state index < -0.39 is 0 Å². The first-order chi connectivity index (χ1) is 17.7. The second-order valence-electron chi connectivity index (χ2n) is 9.41. The average Bonchev–Trinajstić information content (AvgIpc) is 3.53. The first-order valence-corrected chi connectivity index (χ1v) is 12.7. The second-order valence-corrected chi connectivity index (χ2v) is 9.41. The van der Waals surface area contributed by atoms with Crippen molar-refractivity contribution in [2.45, 2.75) is 39.0 Å². The van der Waals surface area contributed by atoms with Crippen LogP contribution in [0, 0.1) is 0 Å². The van der Waals surface area contributed by atoms with Gasteiger partial charge in [-0.3, -0.25) is 10.1 Å². The highest BCUT2D eigenvalue weighted by Gasteiger charge is 2.19. The summed E-state index contributed by atoms with van der Waals surface area (Å²) in [6, 6.07) is 12.4. The van der Waals surface area contributed by atoms with Crippen LogP contribution in [0.3, 0.4) is 0 Å². The number of hydrogen-bond donors (Lipinski definition) is 3. The van der Waals surface area contributed by atoms with Crippen LogP contribution >= 0.6 is 0 Å². The van der Waals surface area contributed by atoms with E-state index in [0.29, 0.717) is 5.69 Å². The summed E-state index contributed by atoms with van der Waals surface area (Å²) in [5.74, 6) is 0.717. The molecule has 0 radical (unpaired) electrons. The smallest absolute Gasteiger partial charge is 0.161 e. The van der Waals surface area contributed by atoms with E-state index in [1.807, 2.05) is 24.4 Å². The Hall–Kier alpha value is -4.20. The zero-order valence-electron chi connectivity index (χ0n) is 20.5. The molecule has 6 rings (SSSR count). The molecule has 0 amide bonds. The summed E-state index contributed by atoms with van der Waals surface area (Å²) in [7, 11) is 0. The molecule has 0 unspecified atom stereocenters. The quantitative estimate of drug-likeness (QED) is 0.255. The summed E-state index contributed by atoms with van der Waals surface area (Å²) in [5.41, 5.74) is 9.17. The monoisotopic (exact) mass is 478 g/mol. The Morgan fingerprint density at radius 2 is 1.92 bits per heavy atom. The predicted octanol–water partition coefficient (Wildman–Crippen LogP) is 6.28. The first kappa shape index (κ1) is 22.3. The number of H-pyrrole nitrogens is 2. The van der Waals surface area contributed by atoms with E-state index in [1.165, 1.54) is 24.9 Å². The number of aromatic nitrogens is 6. The van der Waals surface area contributed by atoms with Gasteiger partial charge in [0, 0.05) is 30.5 Å². The fourth-order valence-corrected chi connectivity index (χ4v) is 4.96. The lowest BCUT2D eigenvalue weighted by molar-refractivity contribution is 0.579. The summed E-state index contributed by atoms with van der Waals surface area (Å²) < 4.78 is 0. The number of piperidine rings is 1. The van der Waals surface area contributed by atoms with Crippen LogP contribution < -0.4 is 10.2 Å². The third-order valence-electron chi connectivity index (χ3n) is 6.73. The zero-order chi connectivity index (χ0) is 24.5. The Morgan fingerprint density at radius 3 is 2.78 bits per heavy atom. The minimum atomic E-state index is 0.714. The van der Waals surface area contributed by atoms with Crippen LogP contribution in [0.2, 0.25) is 0 Å². The summed E-state index contributed by atoms with van der Waals surface area (Å²) in [5, 5.41) is 11.0. The summed E-state index contributed by atoms with van der Waals surface area (Å²) in [6.07, 6.45) is 9.35. The average molecular weight is 479 g/mol. The minimum Gasteiger partial charge on any atom is -0.370 e. The van der Waals surface area contributed by atoms with Crippen molar-refractivity contribution < 1.29 is 0 Å². The second kappa shape index (κ2) is 9.45. The van der Waals surface area contributed by atoms with Crippen LogP contribution in [0.15, 0.2) is 61.1 Å². The molecule has 0 saturated carbocycles. The maximum Gasteiger partial charge on any atom is 0.161 e. The van der Waals surface area contributed by atoms with Crippen molar-refractivity contribution in [1.29, 1.82) is 0 Å². The molecule has 182 valence electrons. The number of benzene rings is 1. The number of pyridine rings is 2. The number of anilines is 2. The molecular formula is C28H30N8. The number of nitrogens with one attached hydrogen (secondary N) is 3. The maximum atomic E-state index is 5.00. The van der Waals surface area contributed by atoms with Gasteiger partial charge >= 0.3 is 0 Å². The number of nitrogens with zero attached hydrogens (tertiary/aromatic N) is 5. The standard InChI is InChI=1S/C28H30N8/c1-3-8-18(2)30-20-15-19(16-29-17-20)21-11-12-23-26(31-21)27(35-34-23)28-32-22-9-7-10-24(25(22)33-28)36-13-5-4-6-14-36/h7,9-12,15-17,30H,2-6,8,13-14H2,1H3,(H,32,33)(H,34,35). The highest BCUT2D eigenvalue weighted by atomic mass is 15.2. The Morgan fingerprint density at radius 1 is 1.03 bits per heavy atom. The molecule has 0 atom stereocenters. The number of hydrogen-bond acceptors (Lipinski definition) is 6. The number of allylic oxidation sites excluding steroid dienone is 1. The number of rotatable bonds is 7. The van der Waals surface area contributed by atoms with Gasteiger partial charge in [0.05, 0.1) is 34.3 Å². The van der Waals surface area contributed by atoms with Gasteiger partial charge in [0.1, 0.15) is 11.0 Å². The molecule has 0 spiro atoms. The van der Waals surface area contributed by atoms with Gasteiger partial charge in [-0.05, 0) is 56.0 Å². The van der Waals surface area contributed by atoms with Gasteiger partial charge in [-0.15, -0.1) is 0 Å². The van der Waals surface area contributed by atoms with Gasteiger partial charge < -0.3 is 15.2 Å². The molecule has 3 N–H and O–H groups in total.